The molecule has 1 aliphatic rings. The fraction of sp³-hybridized carbons (Fsp3) is 0.231. The van der Waals surface area contributed by atoms with Crippen LogP contribution in [0.2, 0.25) is 5.02 Å². The van der Waals surface area contributed by atoms with Crippen LogP contribution in [-0.2, 0) is 0 Å². The Morgan fingerprint density at radius 1 is 1.35 bits per heavy atom. The largest absolute Gasteiger partial charge is 0.298 e. The van der Waals surface area contributed by atoms with Gasteiger partial charge in [-0.1, -0.05) is 11.6 Å². The van der Waals surface area contributed by atoms with Gasteiger partial charge in [-0.05, 0) is 25.0 Å². The summed E-state index contributed by atoms with van der Waals surface area (Å²) in [6.45, 7) is 0. The van der Waals surface area contributed by atoms with E-state index < -0.39 is 17.5 Å². The Kier molecular flexibility index (Phi) is 3.43. The molecule has 3 rings (SSSR count). The molecule has 2 aromatic rings. The molecule has 0 atom stereocenters. The number of carbonyl (C=O) groups excluding carboxylic acids is 1. The Hall–Kier alpha value is -1.53. The average molecular weight is 315 g/mol. The average Bonchev–Trinajstić information content (AvgIpc) is 3.15. The minimum atomic E-state index is -1.11. The number of benzene rings is 1. The van der Waals surface area contributed by atoms with Gasteiger partial charge >= 0.3 is 0 Å². The van der Waals surface area contributed by atoms with Gasteiger partial charge in [-0.2, -0.15) is 0 Å². The lowest BCUT2D eigenvalue weighted by atomic mass is 10.2. The van der Waals surface area contributed by atoms with E-state index in [9.17, 15) is 13.6 Å². The number of hydrogen-bond acceptors (Lipinski definition) is 3. The van der Waals surface area contributed by atoms with Crippen molar-refractivity contribution in [3.63, 3.8) is 0 Å². The van der Waals surface area contributed by atoms with Crippen molar-refractivity contribution in [2.24, 2.45) is 0 Å². The van der Waals surface area contributed by atoms with Crippen LogP contribution in [0.1, 0.15) is 34.8 Å². The van der Waals surface area contributed by atoms with Crippen molar-refractivity contribution in [1.82, 2.24) is 4.98 Å². The highest BCUT2D eigenvalue weighted by atomic mass is 35.5. The predicted molar refractivity (Wildman–Crippen MR) is 73.4 cm³/mol. The first-order valence-corrected chi connectivity index (χ1v) is 7.21. The van der Waals surface area contributed by atoms with E-state index in [0.29, 0.717) is 11.0 Å². The number of nitrogens with one attached hydrogen (secondary N) is 1. The van der Waals surface area contributed by atoms with Gasteiger partial charge in [0.2, 0.25) is 0 Å². The lowest BCUT2D eigenvalue weighted by molar-refractivity contribution is 0.102. The summed E-state index contributed by atoms with van der Waals surface area (Å²) >= 11 is 7.04. The minimum absolute atomic E-state index is 0.117. The van der Waals surface area contributed by atoms with Crippen LogP contribution >= 0.6 is 22.9 Å². The SMILES string of the molecule is O=C(Nc1nc(C2CC2)cs1)c1cc(F)c(F)cc1Cl. The van der Waals surface area contributed by atoms with E-state index >= 15 is 0 Å². The second kappa shape index (κ2) is 5.10. The van der Waals surface area contributed by atoms with E-state index in [-0.39, 0.29) is 10.6 Å². The molecule has 0 unspecified atom stereocenters. The second-order valence-corrected chi connectivity index (χ2v) is 5.82. The van der Waals surface area contributed by atoms with Crippen molar-refractivity contribution in [1.29, 1.82) is 0 Å². The Balaban J connectivity index is 1.79. The van der Waals surface area contributed by atoms with E-state index in [4.69, 9.17) is 11.6 Å². The molecule has 0 radical (unpaired) electrons. The highest BCUT2D eigenvalue weighted by molar-refractivity contribution is 7.14. The number of rotatable bonds is 3. The Bertz CT molecular complexity index is 685. The number of carbonyl (C=O) groups is 1. The smallest absolute Gasteiger partial charge is 0.259 e. The maximum Gasteiger partial charge on any atom is 0.259 e. The standard InChI is InChI=1S/C13H9ClF2N2OS/c14-8-4-10(16)9(15)3-7(8)12(19)18-13-17-11(5-20-13)6-1-2-6/h3-6H,1-2H2,(H,17,18,19). The summed E-state index contributed by atoms with van der Waals surface area (Å²) in [7, 11) is 0. The van der Waals surface area contributed by atoms with Crippen LogP contribution in [0.25, 0.3) is 0 Å². The number of hydrogen-bond donors (Lipinski definition) is 1. The van der Waals surface area contributed by atoms with Crippen molar-refractivity contribution in [2.45, 2.75) is 18.8 Å². The monoisotopic (exact) mass is 314 g/mol. The summed E-state index contributed by atoms with van der Waals surface area (Å²) in [5.41, 5.74) is 0.843. The maximum atomic E-state index is 13.1. The van der Waals surface area contributed by atoms with Gasteiger partial charge < -0.3 is 0 Å². The first kappa shape index (κ1) is 13.5. The van der Waals surface area contributed by atoms with Crippen LogP contribution < -0.4 is 5.32 Å². The highest BCUT2D eigenvalue weighted by Gasteiger charge is 2.26. The maximum absolute atomic E-state index is 13.1. The molecule has 20 heavy (non-hydrogen) atoms. The molecule has 1 fully saturated rings. The summed E-state index contributed by atoms with van der Waals surface area (Å²) in [6.07, 6.45) is 2.23. The molecule has 0 aliphatic heterocycles. The van der Waals surface area contributed by atoms with Crippen molar-refractivity contribution in [3.05, 3.63) is 45.4 Å². The first-order valence-electron chi connectivity index (χ1n) is 5.96. The minimum Gasteiger partial charge on any atom is -0.298 e. The van der Waals surface area contributed by atoms with Crippen LogP contribution in [0.15, 0.2) is 17.5 Å². The molecule has 104 valence electrons. The zero-order chi connectivity index (χ0) is 14.3. The molecule has 7 heteroatoms. The van der Waals surface area contributed by atoms with Gasteiger partial charge in [-0.3, -0.25) is 10.1 Å². The van der Waals surface area contributed by atoms with Crippen LogP contribution in [0, 0.1) is 11.6 Å². The first-order chi connectivity index (χ1) is 9.54. The van der Waals surface area contributed by atoms with Crippen LogP contribution in [0.5, 0.6) is 0 Å². The fourth-order valence-corrected chi connectivity index (χ4v) is 2.79. The molecule has 1 heterocycles. The van der Waals surface area contributed by atoms with Crippen LogP contribution in [-0.4, -0.2) is 10.9 Å². The molecule has 1 aromatic heterocycles. The lowest BCUT2D eigenvalue weighted by Crippen LogP contribution is -2.13. The topological polar surface area (TPSA) is 42.0 Å². The highest BCUT2D eigenvalue weighted by Crippen LogP contribution is 2.40. The molecular weight excluding hydrogens is 306 g/mol. The zero-order valence-electron chi connectivity index (χ0n) is 10.1. The number of halogens is 3. The van der Waals surface area contributed by atoms with E-state index in [1.807, 2.05) is 5.38 Å². The lowest BCUT2D eigenvalue weighted by Gasteiger charge is -2.04. The van der Waals surface area contributed by atoms with Gasteiger partial charge in [0.15, 0.2) is 16.8 Å². The molecule has 1 saturated carbocycles. The van der Waals surface area contributed by atoms with Gasteiger partial charge in [-0.25, -0.2) is 13.8 Å². The Morgan fingerprint density at radius 2 is 2.05 bits per heavy atom. The van der Waals surface area contributed by atoms with Crippen molar-refractivity contribution in [3.8, 4) is 0 Å². The van der Waals surface area contributed by atoms with Gasteiger partial charge in [0.25, 0.3) is 5.91 Å². The molecule has 1 aliphatic carbocycles. The van der Waals surface area contributed by atoms with E-state index in [1.165, 1.54) is 11.3 Å². The Labute approximate surface area is 122 Å². The van der Waals surface area contributed by atoms with Gasteiger partial charge in [0, 0.05) is 11.3 Å². The van der Waals surface area contributed by atoms with E-state index in [0.717, 1.165) is 30.7 Å². The summed E-state index contributed by atoms with van der Waals surface area (Å²) in [5.74, 6) is -2.32. The second-order valence-electron chi connectivity index (χ2n) is 4.55. The zero-order valence-corrected chi connectivity index (χ0v) is 11.7. The molecule has 0 bridgehead atoms. The van der Waals surface area contributed by atoms with Gasteiger partial charge in [0.05, 0.1) is 16.3 Å². The van der Waals surface area contributed by atoms with Crippen molar-refractivity contribution >= 4 is 34.0 Å². The number of anilines is 1. The number of nitrogens with zero attached hydrogens (tertiary/aromatic N) is 1. The van der Waals surface area contributed by atoms with E-state index in [2.05, 4.69) is 10.3 Å². The molecular formula is C13H9ClF2N2OS. The van der Waals surface area contributed by atoms with Crippen LogP contribution in [0.4, 0.5) is 13.9 Å². The third-order valence-corrected chi connectivity index (χ3v) is 4.08. The summed E-state index contributed by atoms with van der Waals surface area (Å²) in [4.78, 5) is 16.3. The molecule has 1 amide bonds. The summed E-state index contributed by atoms with van der Waals surface area (Å²) in [5, 5.41) is 4.72. The summed E-state index contributed by atoms with van der Waals surface area (Å²) < 4.78 is 26.1. The number of thiazole rings is 1. The van der Waals surface area contributed by atoms with Crippen molar-refractivity contribution in [2.75, 3.05) is 5.32 Å². The number of amides is 1. The molecule has 0 spiro atoms. The third-order valence-electron chi connectivity index (χ3n) is 2.99. The predicted octanol–water partition coefficient (Wildman–Crippen LogP) is 4.20. The molecule has 3 nitrogen and oxygen atoms in total. The third kappa shape index (κ3) is 2.66. The number of aromatic nitrogens is 1. The fourth-order valence-electron chi connectivity index (χ4n) is 1.77. The summed E-state index contributed by atoms with van der Waals surface area (Å²) in [6, 6.07) is 1.56. The molecule has 1 N–H and O–H groups in total. The molecule has 1 aromatic carbocycles. The quantitative estimate of drug-likeness (QED) is 0.863. The Morgan fingerprint density at radius 3 is 2.75 bits per heavy atom. The normalized spacial score (nSPS) is 14.3. The van der Waals surface area contributed by atoms with Gasteiger partial charge in [-0.15, -0.1) is 11.3 Å². The van der Waals surface area contributed by atoms with Crippen LogP contribution in [0.3, 0.4) is 0 Å². The van der Waals surface area contributed by atoms with E-state index in [1.54, 1.807) is 0 Å². The van der Waals surface area contributed by atoms with Gasteiger partial charge in [0.1, 0.15) is 0 Å². The van der Waals surface area contributed by atoms with Crippen molar-refractivity contribution < 1.29 is 13.6 Å². The molecule has 0 saturated heterocycles.